The number of fused-ring (bicyclic) bond motifs is 1. The van der Waals surface area contributed by atoms with Gasteiger partial charge in [0.1, 0.15) is 11.3 Å². The Kier molecular flexibility index (Phi) is 3.20. The molecule has 88 valence electrons. The molecule has 5 nitrogen and oxygen atoms in total. The SMILES string of the molecule is CC(C)(CCN)CCc1nn2cnnc2s1. The zero-order chi connectivity index (χ0) is 11.6. The van der Waals surface area contributed by atoms with Crippen LogP contribution in [0.5, 0.6) is 0 Å². The predicted octanol–water partition coefficient (Wildman–Crippen LogP) is 1.49. The van der Waals surface area contributed by atoms with E-state index in [-0.39, 0.29) is 0 Å². The van der Waals surface area contributed by atoms with E-state index in [1.54, 1.807) is 22.2 Å². The van der Waals surface area contributed by atoms with Crippen LogP contribution in [0.25, 0.3) is 4.96 Å². The molecule has 0 saturated carbocycles. The molecule has 2 aromatic heterocycles. The third kappa shape index (κ3) is 2.56. The van der Waals surface area contributed by atoms with E-state index in [2.05, 4.69) is 29.1 Å². The van der Waals surface area contributed by atoms with E-state index < -0.39 is 0 Å². The van der Waals surface area contributed by atoms with Crippen molar-refractivity contribution in [2.24, 2.45) is 11.1 Å². The normalized spacial score (nSPS) is 12.4. The highest BCUT2D eigenvalue weighted by molar-refractivity contribution is 7.16. The fraction of sp³-hybridized carbons (Fsp3) is 0.700. The lowest BCUT2D eigenvalue weighted by Crippen LogP contribution is -2.17. The lowest BCUT2D eigenvalue weighted by Gasteiger charge is -2.22. The van der Waals surface area contributed by atoms with Crippen LogP contribution >= 0.6 is 11.3 Å². The smallest absolute Gasteiger partial charge is 0.234 e. The quantitative estimate of drug-likeness (QED) is 0.858. The number of aromatic nitrogens is 4. The summed E-state index contributed by atoms with van der Waals surface area (Å²) >= 11 is 1.61. The largest absolute Gasteiger partial charge is 0.330 e. The minimum atomic E-state index is 0.292. The van der Waals surface area contributed by atoms with Gasteiger partial charge in [0.05, 0.1) is 0 Å². The van der Waals surface area contributed by atoms with Gasteiger partial charge in [0.15, 0.2) is 0 Å². The van der Waals surface area contributed by atoms with Crippen molar-refractivity contribution in [3.63, 3.8) is 0 Å². The standard InChI is InChI=1S/C10H17N5S/c1-10(2,5-6-11)4-3-8-14-15-7-12-13-9(15)16-8/h7H,3-6,11H2,1-2H3. The predicted molar refractivity (Wildman–Crippen MR) is 64.4 cm³/mol. The van der Waals surface area contributed by atoms with Crippen molar-refractivity contribution in [1.82, 2.24) is 19.8 Å². The molecule has 0 spiro atoms. The molecule has 0 aliphatic rings. The summed E-state index contributed by atoms with van der Waals surface area (Å²) in [6, 6.07) is 0. The molecule has 0 bridgehead atoms. The monoisotopic (exact) mass is 239 g/mol. The van der Waals surface area contributed by atoms with Crippen LogP contribution in [-0.2, 0) is 6.42 Å². The Morgan fingerprint density at radius 3 is 2.94 bits per heavy atom. The number of hydrogen-bond acceptors (Lipinski definition) is 5. The minimum Gasteiger partial charge on any atom is -0.330 e. The van der Waals surface area contributed by atoms with Gasteiger partial charge in [-0.2, -0.15) is 9.61 Å². The molecule has 0 aromatic carbocycles. The Balaban J connectivity index is 1.97. The fourth-order valence-corrected chi connectivity index (χ4v) is 2.48. The van der Waals surface area contributed by atoms with Crippen LogP contribution in [0.4, 0.5) is 0 Å². The molecule has 0 aliphatic heterocycles. The Morgan fingerprint density at radius 2 is 2.25 bits per heavy atom. The summed E-state index contributed by atoms with van der Waals surface area (Å²) in [6.45, 7) is 5.25. The van der Waals surface area contributed by atoms with Crippen LogP contribution in [0.3, 0.4) is 0 Å². The lowest BCUT2D eigenvalue weighted by atomic mass is 9.84. The molecule has 0 aliphatic carbocycles. The van der Waals surface area contributed by atoms with E-state index >= 15 is 0 Å². The fourth-order valence-electron chi connectivity index (χ4n) is 1.66. The van der Waals surface area contributed by atoms with E-state index in [4.69, 9.17) is 5.73 Å². The summed E-state index contributed by atoms with van der Waals surface area (Å²) < 4.78 is 1.73. The van der Waals surface area contributed by atoms with Crippen LogP contribution in [0.1, 0.15) is 31.7 Å². The topological polar surface area (TPSA) is 69.1 Å². The van der Waals surface area contributed by atoms with E-state index in [9.17, 15) is 0 Å². The van der Waals surface area contributed by atoms with Crippen molar-refractivity contribution in [2.45, 2.75) is 33.1 Å². The maximum Gasteiger partial charge on any atom is 0.234 e. The van der Waals surface area contributed by atoms with Crippen molar-refractivity contribution in [2.75, 3.05) is 6.54 Å². The van der Waals surface area contributed by atoms with Gasteiger partial charge < -0.3 is 5.73 Å². The van der Waals surface area contributed by atoms with E-state index in [0.717, 1.165) is 35.8 Å². The minimum absolute atomic E-state index is 0.292. The molecule has 0 unspecified atom stereocenters. The molecule has 16 heavy (non-hydrogen) atoms. The number of rotatable bonds is 5. The second kappa shape index (κ2) is 4.47. The van der Waals surface area contributed by atoms with Crippen molar-refractivity contribution in [1.29, 1.82) is 0 Å². The Bertz CT molecular complexity index is 430. The average molecular weight is 239 g/mol. The molecular formula is C10H17N5S. The second-order valence-corrected chi connectivity index (χ2v) is 5.80. The third-order valence-electron chi connectivity index (χ3n) is 2.77. The maximum absolute atomic E-state index is 5.59. The zero-order valence-corrected chi connectivity index (χ0v) is 10.5. The van der Waals surface area contributed by atoms with Gasteiger partial charge in [-0.3, -0.25) is 0 Å². The Labute approximate surface area is 98.7 Å². The van der Waals surface area contributed by atoms with E-state index in [0.29, 0.717) is 5.41 Å². The lowest BCUT2D eigenvalue weighted by molar-refractivity contribution is 0.313. The van der Waals surface area contributed by atoms with E-state index in [1.807, 2.05) is 0 Å². The molecule has 0 fully saturated rings. The molecule has 0 atom stereocenters. The summed E-state index contributed by atoms with van der Waals surface area (Å²) in [6.07, 6.45) is 4.78. The Morgan fingerprint density at radius 1 is 1.44 bits per heavy atom. The highest BCUT2D eigenvalue weighted by Gasteiger charge is 2.17. The second-order valence-electron chi connectivity index (χ2n) is 4.76. The first-order valence-electron chi connectivity index (χ1n) is 5.46. The maximum atomic E-state index is 5.59. The number of hydrogen-bond donors (Lipinski definition) is 1. The Hall–Kier alpha value is -1.01. The van der Waals surface area contributed by atoms with Gasteiger partial charge in [-0.15, -0.1) is 10.2 Å². The van der Waals surface area contributed by atoms with Gasteiger partial charge in [0, 0.05) is 6.42 Å². The highest BCUT2D eigenvalue weighted by Crippen LogP contribution is 2.27. The van der Waals surface area contributed by atoms with Crippen molar-refractivity contribution >= 4 is 16.3 Å². The van der Waals surface area contributed by atoms with Gasteiger partial charge >= 0.3 is 0 Å². The van der Waals surface area contributed by atoms with E-state index in [1.165, 1.54) is 0 Å². The molecule has 2 N–H and O–H groups in total. The summed E-state index contributed by atoms with van der Waals surface area (Å²) in [5.41, 5.74) is 5.89. The molecule has 2 aromatic rings. The molecule has 2 rings (SSSR count). The highest BCUT2D eigenvalue weighted by atomic mass is 32.1. The van der Waals surface area contributed by atoms with Crippen molar-refractivity contribution in [3.05, 3.63) is 11.3 Å². The summed E-state index contributed by atoms with van der Waals surface area (Å²) in [5.74, 6) is 0. The van der Waals surface area contributed by atoms with Gasteiger partial charge in [0.25, 0.3) is 0 Å². The summed E-state index contributed by atoms with van der Waals surface area (Å²) in [5, 5.41) is 13.3. The number of nitrogens with zero attached hydrogens (tertiary/aromatic N) is 4. The number of nitrogens with two attached hydrogens (primary N) is 1. The van der Waals surface area contributed by atoms with Gasteiger partial charge in [-0.25, -0.2) is 0 Å². The van der Waals surface area contributed by atoms with Crippen molar-refractivity contribution < 1.29 is 0 Å². The third-order valence-corrected chi connectivity index (χ3v) is 3.74. The zero-order valence-electron chi connectivity index (χ0n) is 9.68. The van der Waals surface area contributed by atoms with Crippen LogP contribution in [0.15, 0.2) is 6.33 Å². The molecule has 0 radical (unpaired) electrons. The first kappa shape index (κ1) is 11.5. The summed E-state index contributed by atoms with van der Waals surface area (Å²) in [4.78, 5) is 0.867. The molecule has 0 saturated heterocycles. The van der Waals surface area contributed by atoms with Gasteiger partial charge in [-0.05, 0) is 24.8 Å². The summed E-state index contributed by atoms with van der Waals surface area (Å²) in [7, 11) is 0. The molecule has 2 heterocycles. The van der Waals surface area contributed by atoms with Crippen LogP contribution in [-0.4, -0.2) is 26.4 Å². The number of aryl methyl sites for hydroxylation is 1. The van der Waals surface area contributed by atoms with Crippen LogP contribution in [0.2, 0.25) is 0 Å². The van der Waals surface area contributed by atoms with Crippen LogP contribution < -0.4 is 5.73 Å². The van der Waals surface area contributed by atoms with Crippen LogP contribution in [0, 0.1) is 5.41 Å². The average Bonchev–Trinajstić information content (AvgIpc) is 2.73. The van der Waals surface area contributed by atoms with Gasteiger partial charge in [-0.1, -0.05) is 25.2 Å². The molecular weight excluding hydrogens is 222 g/mol. The molecule has 0 amide bonds. The molecule has 6 heteroatoms. The first-order valence-corrected chi connectivity index (χ1v) is 6.28. The van der Waals surface area contributed by atoms with Gasteiger partial charge in [0.2, 0.25) is 4.96 Å². The van der Waals surface area contributed by atoms with Crippen molar-refractivity contribution in [3.8, 4) is 0 Å². The first-order chi connectivity index (χ1) is 7.61.